The summed E-state index contributed by atoms with van der Waals surface area (Å²) in [6.45, 7) is 4.56. The van der Waals surface area contributed by atoms with Crippen LogP contribution >= 0.6 is 0 Å². The maximum absolute atomic E-state index is 12.2. The molecule has 2 aliphatic heterocycles. The Hall–Kier alpha value is -3.15. The number of nitrogens with zero attached hydrogens (tertiary/aromatic N) is 2. The number of nitro groups is 1. The van der Waals surface area contributed by atoms with Gasteiger partial charge >= 0.3 is 0 Å². The third-order valence-electron chi connectivity index (χ3n) is 5.50. The van der Waals surface area contributed by atoms with Crippen LogP contribution in [0.15, 0.2) is 54.6 Å². The molecule has 0 bridgehead atoms. The normalized spacial score (nSPS) is 23.0. The molecule has 1 atom stereocenters. The zero-order chi connectivity index (χ0) is 18.5. The van der Waals surface area contributed by atoms with Crippen molar-refractivity contribution in [1.82, 2.24) is 5.32 Å². The summed E-state index contributed by atoms with van der Waals surface area (Å²) >= 11 is 0. The standard InChI is InChI=1S/C20H19N3O3/c1-19(2)16-5-3-4-6-17(16)22-13-18(24)21-20(19,22)12-11-14-7-9-15(10-8-14)23(25)26/h3-12H,13H2,1-2H3,(H,21,24)/b12-11+/t20-/m0/s1. The van der Waals surface area contributed by atoms with E-state index in [-0.39, 0.29) is 17.0 Å². The number of amides is 1. The van der Waals surface area contributed by atoms with Gasteiger partial charge in [0.25, 0.3) is 5.69 Å². The number of nitro benzene ring substituents is 1. The Morgan fingerprint density at radius 1 is 1.15 bits per heavy atom. The largest absolute Gasteiger partial charge is 0.335 e. The van der Waals surface area contributed by atoms with E-state index in [1.54, 1.807) is 12.1 Å². The molecule has 6 nitrogen and oxygen atoms in total. The SMILES string of the molecule is CC1(C)c2ccccc2N2CC(=O)N[C@@]21/C=C/c1ccc([N+](=O)[O-])cc1. The molecule has 0 saturated carbocycles. The number of non-ortho nitro benzene ring substituents is 1. The van der Waals surface area contributed by atoms with Crippen molar-refractivity contribution in [1.29, 1.82) is 0 Å². The van der Waals surface area contributed by atoms with Crippen LogP contribution in [0.1, 0.15) is 25.0 Å². The highest BCUT2D eigenvalue weighted by molar-refractivity contribution is 5.91. The summed E-state index contributed by atoms with van der Waals surface area (Å²) in [5.74, 6) is -0.0130. The number of carbonyl (C=O) groups excluding carboxylic acids is 1. The monoisotopic (exact) mass is 349 g/mol. The summed E-state index contributed by atoms with van der Waals surface area (Å²) < 4.78 is 0. The van der Waals surface area contributed by atoms with Crippen molar-refractivity contribution in [3.63, 3.8) is 0 Å². The average molecular weight is 349 g/mol. The molecule has 6 heteroatoms. The van der Waals surface area contributed by atoms with E-state index in [1.807, 2.05) is 30.4 Å². The predicted octanol–water partition coefficient (Wildman–Crippen LogP) is 3.23. The zero-order valence-corrected chi connectivity index (χ0v) is 14.6. The van der Waals surface area contributed by atoms with Crippen LogP contribution in [0.2, 0.25) is 0 Å². The Morgan fingerprint density at radius 3 is 2.54 bits per heavy atom. The van der Waals surface area contributed by atoms with Crippen molar-refractivity contribution in [2.45, 2.75) is 24.9 Å². The molecular weight excluding hydrogens is 330 g/mol. The van der Waals surface area contributed by atoms with Gasteiger partial charge in [-0.05, 0) is 35.4 Å². The topological polar surface area (TPSA) is 75.5 Å². The molecule has 0 unspecified atom stereocenters. The Balaban J connectivity index is 1.76. The molecule has 132 valence electrons. The molecule has 1 N–H and O–H groups in total. The summed E-state index contributed by atoms with van der Waals surface area (Å²) in [5.41, 5.74) is 2.17. The van der Waals surface area contributed by atoms with E-state index in [0.29, 0.717) is 6.54 Å². The first kappa shape index (κ1) is 16.3. The maximum Gasteiger partial charge on any atom is 0.269 e. The van der Waals surface area contributed by atoms with Gasteiger partial charge in [-0.3, -0.25) is 14.9 Å². The average Bonchev–Trinajstić information content (AvgIpc) is 3.05. The van der Waals surface area contributed by atoms with E-state index >= 15 is 0 Å². The van der Waals surface area contributed by atoms with Gasteiger partial charge in [-0.15, -0.1) is 0 Å². The second kappa shape index (κ2) is 5.42. The fourth-order valence-corrected chi connectivity index (χ4v) is 4.06. The second-order valence-electron chi connectivity index (χ2n) is 7.22. The highest BCUT2D eigenvalue weighted by Gasteiger charge is 2.59. The predicted molar refractivity (Wildman–Crippen MR) is 99.8 cm³/mol. The van der Waals surface area contributed by atoms with Crippen molar-refractivity contribution < 1.29 is 9.72 Å². The number of hydrogen-bond donors (Lipinski definition) is 1. The van der Waals surface area contributed by atoms with Gasteiger partial charge < -0.3 is 10.2 Å². The third kappa shape index (κ3) is 2.15. The number of para-hydroxylation sites is 1. The van der Waals surface area contributed by atoms with E-state index in [0.717, 1.165) is 11.3 Å². The smallest absolute Gasteiger partial charge is 0.269 e. The van der Waals surface area contributed by atoms with Crippen LogP contribution in [0.5, 0.6) is 0 Å². The highest BCUT2D eigenvalue weighted by Crippen LogP contribution is 2.52. The van der Waals surface area contributed by atoms with Gasteiger partial charge in [0.1, 0.15) is 5.66 Å². The summed E-state index contributed by atoms with van der Waals surface area (Å²) in [6.07, 6.45) is 3.91. The molecular formula is C20H19N3O3. The van der Waals surface area contributed by atoms with Crippen LogP contribution in [0, 0.1) is 10.1 Å². The molecule has 1 fully saturated rings. The maximum atomic E-state index is 12.2. The van der Waals surface area contributed by atoms with E-state index in [2.05, 4.69) is 30.1 Å². The number of anilines is 1. The minimum atomic E-state index is -0.657. The molecule has 2 aromatic carbocycles. The molecule has 2 aromatic rings. The first-order chi connectivity index (χ1) is 12.3. The fourth-order valence-electron chi connectivity index (χ4n) is 4.06. The Kier molecular flexibility index (Phi) is 3.41. The first-order valence-corrected chi connectivity index (χ1v) is 8.47. The van der Waals surface area contributed by atoms with Gasteiger partial charge in [0.15, 0.2) is 0 Å². The summed E-state index contributed by atoms with van der Waals surface area (Å²) in [7, 11) is 0. The van der Waals surface area contributed by atoms with Gasteiger partial charge in [0, 0.05) is 23.2 Å². The molecule has 26 heavy (non-hydrogen) atoms. The highest BCUT2D eigenvalue weighted by atomic mass is 16.6. The number of benzene rings is 2. The molecule has 1 saturated heterocycles. The molecule has 2 aliphatic rings. The molecule has 4 rings (SSSR count). The zero-order valence-electron chi connectivity index (χ0n) is 14.6. The lowest BCUT2D eigenvalue weighted by Gasteiger charge is -2.40. The third-order valence-corrected chi connectivity index (χ3v) is 5.50. The molecule has 1 amide bonds. The van der Waals surface area contributed by atoms with Crippen LogP contribution in [0.4, 0.5) is 11.4 Å². The van der Waals surface area contributed by atoms with Gasteiger partial charge in [-0.25, -0.2) is 0 Å². The lowest BCUT2D eigenvalue weighted by Crippen LogP contribution is -2.58. The van der Waals surface area contributed by atoms with Gasteiger partial charge in [-0.1, -0.05) is 38.1 Å². The lowest BCUT2D eigenvalue weighted by molar-refractivity contribution is -0.384. The first-order valence-electron chi connectivity index (χ1n) is 8.47. The van der Waals surface area contributed by atoms with E-state index in [9.17, 15) is 14.9 Å². The van der Waals surface area contributed by atoms with E-state index in [1.165, 1.54) is 17.7 Å². The number of rotatable bonds is 3. The Bertz CT molecular complexity index is 934. The number of nitrogens with one attached hydrogen (secondary N) is 1. The van der Waals surface area contributed by atoms with Gasteiger partial charge in [0.05, 0.1) is 11.5 Å². The molecule has 0 radical (unpaired) electrons. The molecule has 0 aliphatic carbocycles. The molecule has 0 aromatic heterocycles. The minimum Gasteiger partial charge on any atom is -0.335 e. The quantitative estimate of drug-likeness (QED) is 0.682. The van der Waals surface area contributed by atoms with Crippen molar-refractivity contribution >= 4 is 23.4 Å². The number of carbonyl (C=O) groups is 1. The van der Waals surface area contributed by atoms with Crippen LogP contribution in [0.3, 0.4) is 0 Å². The van der Waals surface area contributed by atoms with Gasteiger partial charge in [-0.2, -0.15) is 0 Å². The lowest BCUT2D eigenvalue weighted by atomic mass is 9.75. The molecule has 2 heterocycles. The fraction of sp³-hybridized carbons (Fsp3) is 0.250. The second-order valence-corrected chi connectivity index (χ2v) is 7.22. The van der Waals surface area contributed by atoms with Gasteiger partial charge in [0.2, 0.25) is 5.91 Å². The van der Waals surface area contributed by atoms with Crippen LogP contribution in [-0.2, 0) is 10.2 Å². The summed E-state index contributed by atoms with van der Waals surface area (Å²) in [5, 5.41) is 14.0. The van der Waals surface area contributed by atoms with Crippen LogP contribution < -0.4 is 10.2 Å². The van der Waals surface area contributed by atoms with Crippen LogP contribution in [0.25, 0.3) is 6.08 Å². The number of fused-ring (bicyclic) bond motifs is 3. The molecule has 0 spiro atoms. The van der Waals surface area contributed by atoms with E-state index in [4.69, 9.17) is 0 Å². The Labute approximate surface area is 151 Å². The van der Waals surface area contributed by atoms with Crippen molar-refractivity contribution in [2.24, 2.45) is 0 Å². The Morgan fingerprint density at radius 2 is 1.85 bits per heavy atom. The minimum absolute atomic E-state index is 0.0130. The number of hydrogen-bond acceptors (Lipinski definition) is 4. The summed E-state index contributed by atoms with van der Waals surface area (Å²) in [4.78, 5) is 24.7. The van der Waals surface area contributed by atoms with E-state index < -0.39 is 10.6 Å². The van der Waals surface area contributed by atoms with Crippen molar-refractivity contribution in [3.8, 4) is 0 Å². The van der Waals surface area contributed by atoms with Crippen molar-refractivity contribution in [2.75, 3.05) is 11.4 Å². The summed E-state index contributed by atoms with van der Waals surface area (Å²) in [6, 6.07) is 14.5. The van der Waals surface area contributed by atoms with Crippen LogP contribution in [-0.4, -0.2) is 23.0 Å². The van der Waals surface area contributed by atoms with Crippen molar-refractivity contribution in [3.05, 3.63) is 75.8 Å².